The molecule has 0 aliphatic heterocycles. The number of phenols is 1. The van der Waals surface area contributed by atoms with Crippen molar-refractivity contribution < 1.29 is 19.6 Å². The minimum atomic E-state index is -0.453. The number of carbonyl (C=O) groups excluding carboxylic acids is 1. The van der Waals surface area contributed by atoms with Crippen LogP contribution >= 0.6 is 0 Å². The van der Waals surface area contributed by atoms with Crippen LogP contribution in [-0.2, 0) is 10.2 Å². The Hall–Kier alpha value is -2.96. The minimum Gasteiger partial charge on any atom is -0.502 e. The highest BCUT2D eigenvalue weighted by Gasteiger charge is 2.71. The molecule has 0 radical (unpaired) electrons. The van der Waals surface area contributed by atoms with Crippen LogP contribution in [0.2, 0.25) is 0 Å². The Balaban J connectivity index is 1.18. The fourth-order valence-corrected chi connectivity index (χ4v) is 12.0. The molecule has 0 saturated heterocycles. The van der Waals surface area contributed by atoms with Crippen LogP contribution in [0.5, 0.6) is 11.5 Å². The van der Waals surface area contributed by atoms with Crippen LogP contribution in [0, 0.1) is 50.0 Å². The van der Waals surface area contributed by atoms with Crippen molar-refractivity contribution in [3.8, 4) is 11.5 Å². The van der Waals surface area contributed by atoms with Gasteiger partial charge in [-0.05, 0) is 141 Å². The first-order valence-electron chi connectivity index (χ1n) is 14.8. The number of pyridine rings is 1. The van der Waals surface area contributed by atoms with E-state index in [0.29, 0.717) is 29.4 Å². The van der Waals surface area contributed by atoms with E-state index >= 15 is 0 Å². The largest absolute Gasteiger partial charge is 0.502 e. The first-order chi connectivity index (χ1) is 18.7. The molecule has 8 fully saturated rings. The first-order valence-corrected chi connectivity index (χ1v) is 14.8. The van der Waals surface area contributed by atoms with Gasteiger partial charge in [-0.3, -0.25) is 19.9 Å². The monoisotopic (exact) mass is 528 g/mol. The topological polar surface area (TPSA) is 103 Å². The smallest absolute Gasteiger partial charge is 0.317 e. The molecule has 7 heteroatoms. The lowest BCUT2D eigenvalue weighted by atomic mass is 9.31. The molecule has 1 aromatic carbocycles. The van der Waals surface area contributed by atoms with Gasteiger partial charge >= 0.3 is 11.7 Å². The Labute approximate surface area is 228 Å². The predicted octanol–water partition coefficient (Wildman–Crippen LogP) is 6.73. The second kappa shape index (κ2) is 7.82. The third-order valence-corrected chi connectivity index (χ3v) is 12.3. The maximum absolute atomic E-state index is 13.9. The number of nitro benzene ring substituents is 1. The van der Waals surface area contributed by atoms with Crippen LogP contribution in [-0.4, -0.2) is 21.0 Å². The molecule has 39 heavy (non-hydrogen) atoms. The molecule has 8 aliphatic carbocycles. The Morgan fingerprint density at radius 3 is 2.18 bits per heavy atom. The number of hydrogen-bond acceptors (Lipinski definition) is 6. The fourth-order valence-electron chi connectivity index (χ4n) is 12.0. The van der Waals surface area contributed by atoms with Crippen LogP contribution < -0.4 is 4.74 Å². The van der Waals surface area contributed by atoms with Crippen LogP contribution in [0.25, 0.3) is 0 Å². The summed E-state index contributed by atoms with van der Waals surface area (Å²) in [6.45, 7) is 0. The Morgan fingerprint density at radius 1 is 0.923 bits per heavy atom. The highest BCUT2D eigenvalue weighted by molar-refractivity contribution is 5.80. The van der Waals surface area contributed by atoms with Gasteiger partial charge < -0.3 is 9.84 Å². The molecule has 4 atom stereocenters. The summed E-state index contributed by atoms with van der Waals surface area (Å²) in [4.78, 5) is 29.3. The van der Waals surface area contributed by atoms with E-state index in [4.69, 9.17) is 4.74 Å². The summed E-state index contributed by atoms with van der Waals surface area (Å²) in [5.41, 5.74) is 0.687. The molecule has 0 amide bonds. The lowest BCUT2D eigenvalue weighted by molar-refractivity contribution is -0.386. The van der Waals surface area contributed by atoms with Crippen molar-refractivity contribution in [3.63, 3.8) is 0 Å². The van der Waals surface area contributed by atoms with Crippen molar-refractivity contribution in [3.05, 3.63) is 58.4 Å². The van der Waals surface area contributed by atoms with Crippen molar-refractivity contribution in [2.75, 3.05) is 0 Å². The number of aromatic nitrogens is 1. The zero-order valence-electron chi connectivity index (χ0n) is 22.3. The maximum atomic E-state index is 13.9. The van der Waals surface area contributed by atoms with E-state index in [-0.39, 0.29) is 33.7 Å². The summed E-state index contributed by atoms with van der Waals surface area (Å²) < 4.78 is 6.01. The van der Waals surface area contributed by atoms with Crippen LogP contribution in [0.1, 0.15) is 82.6 Å². The average Bonchev–Trinajstić information content (AvgIpc) is 2.88. The third-order valence-electron chi connectivity index (χ3n) is 12.3. The summed E-state index contributed by atoms with van der Waals surface area (Å²) in [5, 5.41) is 21.9. The SMILES string of the molecule is O=C(Oc1cccnc1)C12CC3CC(C1)CC(C14CC5CC(CC(c6ccc(O)c([N+](=O)[O-])c6)(C5)C1)C4)(C3)C2. The summed E-state index contributed by atoms with van der Waals surface area (Å²) in [6.07, 6.45) is 16.8. The molecule has 1 heterocycles. The number of esters is 1. The molecule has 10 rings (SSSR count). The Bertz CT molecular complexity index is 1340. The number of nitrogens with zero attached hydrogens (tertiary/aromatic N) is 2. The van der Waals surface area contributed by atoms with Crippen molar-refractivity contribution in [2.45, 2.75) is 82.5 Å². The van der Waals surface area contributed by atoms with Crippen molar-refractivity contribution in [1.29, 1.82) is 0 Å². The lowest BCUT2D eigenvalue weighted by Gasteiger charge is -2.73. The van der Waals surface area contributed by atoms with E-state index in [1.54, 1.807) is 18.5 Å². The van der Waals surface area contributed by atoms with E-state index in [1.807, 2.05) is 18.2 Å². The molecule has 1 aromatic heterocycles. The molecule has 8 saturated carbocycles. The Morgan fingerprint density at radius 2 is 1.56 bits per heavy atom. The quantitative estimate of drug-likeness (QED) is 0.262. The van der Waals surface area contributed by atoms with Crippen molar-refractivity contribution >= 4 is 11.7 Å². The standard InChI is InChI=1S/C32H36N2O5/c35-27-4-3-24(8-26(27)34(37)38)29-9-20-6-21(10-29)14-31(13-20,18-29)32-15-22-7-23(16-32)12-30(11-22,19-32)28(36)39-25-2-1-5-33-17-25/h1-5,8,17,20-23,35H,6-7,9-16,18-19H2. The van der Waals surface area contributed by atoms with Crippen LogP contribution in [0.3, 0.4) is 0 Å². The van der Waals surface area contributed by atoms with E-state index < -0.39 is 10.3 Å². The van der Waals surface area contributed by atoms with Gasteiger partial charge in [-0.1, -0.05) is 6.07 Å². The van der Waals surface area contributed by atoms with Gasteiger partial charge in [-0.25, -0.2) is 0 Å². The number of hydrogen-bond donors (Lipinski definition) is 1. The fraction of sp³-hybridized carbons (Fsp3) is 0.625. The molecule has 7 nitrogen and oxygen atoms in total. The summed E-state index contributed by atoms with van der Waals surface area (Å²) >= 11 is 0. The summed E-state index contributed by atoms with van der Waals surface area (Å²) in [5.74, 6) is 2.64. The minimum absolute atomic E-state index is 0.0532. The van der Waals surface area contributed by atoms with E-state index in [0.717, 1.165) is 44.1 Å². The van der Waals surface area contributed by atoms with Gasteiger partial charge in [0.2, 0.25) is 0 Å². The molecule has 8 bridgehead atoms. The van der Waals surface area contributed by atoms with Gasteiger partial charge in [-0.15, -0.1) is 0 Å². The first kappa shape index (κ1) is 23.9. The summed E-state index contributed by atoms with van der Waals surface area (Å²) in [6, 6.07) is 8.79. The highest BCUT2D eigenvalue weighted by Crippen LogP contribution is 2.78. The predicted molar refractivity (Wildman–Crippen MR) is 143 cm³/mol. The van der Waals surface area contributed by atoms with Gasteiger partial charge in [0, 0.05) is 12.3 Å². The molecule has 0 spiro atoms. The van der Waals surface area contributed by atoms with Gasteiger partial charge in [0.1, 0.15) is 5.75 Å². The molecule has 204 valence electrons. The molecule has 4 unspecified atom stereocenters. The molecule has 1 N–H and O–H groups in total. The van der Waals surface area contributed by atoms with E-state index in [2.05, 4.69) is 4.98 Å². The molecule has 8 aliphatic rings. The zero-order chi connectivity index (χ0) is 26.6. The third kappa shape index (κ3) is 3.34. The zero-order valence-corrected chi connectivity index (χ0v) is 22.3. The number of carbonyl (C=O) groups is 1. The number of nitro groups is 1. The number of aromatic hydroxyl groups is 1. The number of rotatable bonds is 5. The van der Waals surface area contributed by atoms with Crippen molar-refractivity contribution in [2.24, 2.45) is 39.9 Å². The number of benzene rings is 1. The van der Waals surface area contributed by atoms with E-state index in [1.165, 1.54) is 44.6 Å². The summed E-state index contributed by atoms with van der Waals surface area (Å²) in [7, 11) is 0. The van der Waals surface area contributed by atoms with Crippen LogP contribution in [0.4, 0.5) is 5.69 Å². The number of phenolic OH excluding ortho intramolecular Hbond substituents is 1. The second-order valence-electron chi connectivity index (χ2n) is 14.6. The van der Waals surface area contributed by atoms with E-state index in [9.17, 15) is 20.0 Å². The molecule has 2 aromatic rings. The highest BCUT2D eigenvalue weighted by atomic mass is 16.6. The second-order valence-corrected chi connectivity index (χ2v) is 14.6. The van der Waals surface area contributed by atoms with Gasteiger partial charge in [0.15, 0.2) is 5.75 Å². The Kier molecular flexibility index (Phi) is 4.79. The number of ether oxygens (including phenoxy) is 1. The van der Waals surface area contributed by atoms with Crippen LogP contribution in [0.15, 0.2) is 42.7 Å². The lowest BCUT2D eigenvalue weighted by Crippen LogP contribution is -2.66. The van der Waals surface area contributed by atoms with Gasteiger partial charge in [0.25, 0.3) is 0 Å². The normalized spacial score (nSPS) is 43.0. The van der Waals surface area contributed by atoms with Crippen molar-refractivity contribution in [1.82, 2.24) is 4.98 Å². The maximum Gasteiger partial charge on any atom is 0.317 e. The average molecular weight is 529 g/mol. The molecular weight excluding hydrogens is 492 g/mol. The molecular formula is C32H36N2O5. The van der Waals surface area contributed by atoms with Gasteiger partial charge in [0.05, 0.1) is 16.5 Å². The van der Waals surface area contributed by atoms with Gasteiger partial charge in [-0.2, -0.15) is 0 Å².